The number of hydrogen-bond donors (Lipinski definition) is 5. The second kappa shape index (κ2) is 12.9. The van der Waals surface area contributed by atoms with Crippen molar-refractivity contribution in [2.45, 2.75) is 69.2 Å². The molecule has 0 aliphatic heterocycles. The molecule has 1 aliphatic rings. The molecule has 1 heterocycles. The number of nitrogens with one attached hydrogen (secondary N) is 3. The molecule has 1 aromatic rings. The van der Waals surface area contributed by atoms with Crippen molar-refractivity contribution in [3.05, 3.63) is 18.2 Å². The van der Waals surface area contributed by atoms with Crippen LogP contribution in [0.15, 0.2) is 12.5 Å². The molecule has 1 saturated carbocycles. The number of H-pyrrole nitrogens is 1. The van der Waals surface area contributed by atoms with Crippen LogP contribution in [0.4, 0.5) is 0 Å². The Labute approximate surface area is 198 Å². The van der Waals surface area contributed by atoms with E-state index in [4.69, 9.17) is 0 Å². The summed E-state index contributed by atoms with van der Waals surface area (Å²) >= 11 is 1.25. The van der Waals surface area contributed by atoms with Gasteiger partial charge in [0.25, 0.3) is 0 Å². The van der Waals surface area contributed by atoms with Crippen LogP contribution in [0.3, 0.4) is 0 Å². The van der Waals surface area contributed by atoms with Crippen molar-refractivity contribution in [3.63, 3.8) is 0 Å². The second-order valence-corrected chi connectivity index (χ2v) is 13.3. The number of nitrogens with zero attached hydrogens (tertiary/aromatic N) is 1. The number of aromatic amines is 1. The van der Waals surface area contributed by atoms with Crippen molar-refractivity contribution < 1.29 is 24.2 Å². The average molecular weight is 532 g/mol. The Kier molecular flexibility index (Phi) is 11.0. The van der Waals surface area contributed by atoms with E-state index in [-0.39, 0.29) is 41.3 Å². The Hall–Kier alpha value is -1.14. The molecule has 11 heteroatoms. The van der Waals surface area contributed by atoms with Crippen molar-refractivity contribution in [2.75, 3.05) is 18.9 Å². The van der Waals surface area contributed by atoms with E-state index in [0.717, 1.165) is 31.4 Å². The van der Waals surface area contributed by atoms with Gasteiger partial charge >= 0.3 is 167 Å². The van der Waals surface area contributed by atoms with Gasteiger partial charge in [0.05, 0.1) is 0 Å². The fourth-order valence-corrected chi connectivity index (χ4v) is 6.90. The minimum absolute atomic E-state index is 0.125. The van der Waals surface area contributed by atoms with E-state index >= 15 is 0 Å². The van der Waals surface area contributed by atoms with E-state index in [1.165, 1.54) is 23.3 Å². The van der Waals surface area contributed by atoms with Crippen LogP contribution in [-0.4, -0.2) is 79.6 Å². The van der Waals surface area contributed by atoms with Gasteiger partial charge in [0.2, 0.25) is 0 Å². The Morgan fingerprint density at radius 3 is 2.56 bits per heavy atom. The summed E-state index contributed by atoms with van der Waals surface area (Å²) in [6, 6.07) is -0.754. The summed E-state index contributed by atoms with van der Waals surface area (Å²) < 4.78 is 12.3. The van der Waals surface area contributed by atoms with Gasteiger partial charge in [0.15, 0.2) is 0 Å². The number of aromatic nitrogens is 2. The molecule has 0 bridgehead atoms. The van der Waals surface area contributed by atoms with Gasteiger partial charge in [-0.1, -0.05) is 19.3 Å². The molecule has 2 amide bonds. The second-order valence-electron chi connectivity index (χ2n) is 9.22. The van der Waals surface area contributed by atoms with E-state index in [2.05, 4.69) is 20.6 Å². The quantitative estimate of drug-likeness (QED) is 0.199. The zero-order valence-corrected chi connectivity index (χ0v) is 22.3. The predicted octanol–water partition coefficient (Wildman–Crippen LogP) is 0.842. The number of carbonyl (C=O) groups is 2. The van der Waals surface area contributed by atoms with Crippen molar-refractivity contribution >= 4 is 36.0 Å². The van der Waals surface area contributed by atoms with Gasteiger partial charge in [0, 0.05) is 0 Å². The Morgan fingerprint density at radius 1 is 1.28 bits per heavy atom. The molecular formula is C21H38AsN4O5P. The SMILES string of the molecule is CC(C)[C@H](NC(=O)[C@@H]([AsH2])Cc1c[nH]cn1)C(=O)NC[C@@H](O)CP(=O)(O)CC1CCCCC1. The number of aliphatic hydroxyl groups is 1. The number of imidazole rings is 1. The Morgan fingerprint density at radius 2 is 1.97 bits per heavy atom. The molecule has 5 atom stereocenters. The number of amides is 2. The molecule has 0 saturated heterocycles. The van der Waals surface area contributed by atoms with Crippen molar-refractivity contribution in [2.24, 2.45) is 11.8 Å². The van der Waals surface area contributed by atoms with E-state index in [0.29, 0.717) is 6.42 Å². The fourth-order valence-electron chi connectivity index (χ4n) is 4.09. The summed E-state index contributed by atoms with van der Waals surface area (Å²) in [6.07, 6.45) is 7.96. The number of hydrogen-bond acceptors (Lipinski definition) is 5. The van der Waals surface area contributed by atoms with Gasteiger partial charge in [-0.3, -0.25) is 0 Å². The summed E-state index contributed by atoms with van der Waals surface area (Å²) in [4.78, 5) is 42.5. The summed E-state index contributed by atoms with van der Waals surface area (Å²) in [7, 11) is -3.46. The molecule has 1 aromatic heterocycles. The zero-order valence-electron chi connectivity index (χ0n) is 19.0. The van der Waals surface area contributed by atoms with Gasteiger partial charge in [-0.2, -0.15) is 0 Å². The molecule has 2 unspecified atom stereocenters. The fraction of sp³-hybridized carbons (Fsp3) is 0.762. The molecule has 0 spiro atoms. The first-order chi connectivity index (χ1) is 15.1. The third-order valence-corrected chi connectivity index (χ3v) is 9.05. The number of rotatable bonds is 12. The van der Waals surface area contributed by atoms with E-state index < -0.39 is 25.4 Å². The van der Waals surface area contributed by atoms with Crippen LogP contribution in [0.2, 0.25) is 4.71 Å². The molecule has 32 heavy (non-hydrogen) atoms. The monoisotopic (exact) mass is 532 g/mol. The first-order valence-corrected chi connectivity index (χ1v) is 14.8. The smallest absolute Gasteiger partial charge is 0.0533 e. The molecule has 0 aromatic carbocycles. The standard InChI is InChI=1S/C21H38AsN4O5P/c1-14(2)19(26-20(28)18(22)8-16-9-23-13-25-16)21(29)24-10-17(27)12-32(30,31)11-15-6-4-3-5-7-15/h9,13-15,17-19,27H,3-8,10-12,22H2,1-2H3,(H,23,25)(H,24,29)(H,26,28)(H,30,31)/t17-,18+,19+/m1/s1. The first-order valence-electron chi connectivity index (χ1n) is 11.4. The third kappa shape index (κ3) is 9.38. The molecule has 1 fully saturated rings. The topological polar surface area (TPSA) is 144 Å². The Balaban J connectivity index is 1.80. The third-order valence-electron chi connectivity index (χ3n) is 5.84. The van der Waals surface area contributed by atoms with Crippen LogP contribution in [0.1, 0.15) is 51.6 Å². The molecule has 182 valence electrons. The van der Waals surface area contributed by atoms with Crippen LogP contribution < -0.4 is 10.6 Å². The molecule has 9 nitrogen and oxygen atoms in total. The zero-order chi connectivity index (χ0) is 23.7. The maximum atomic E-state index is 12.7. The van der Waals surface area contributed by atoms with Gasteiger partial charge in [-0.15, -0.1) is 0 Å². The molecule has 2 rings (SSSR count). The van der Waals surface area contributed by atoms with E-state index in [9.17, 15) is 24.2 Å². The molecule has 1 aliphatic carbocycles. The van der Waals surface area contributed by atoms with Crippen molar-refractivity contribution in [3.8, 4) is 0 Å². The van der Waals surface area contributed by atoms with Crippen LogP contribution in [0, 0.1) is 11.8 Å². The molecule has 0 radical (unpaired) electrons. The van der Waals surface area contributed by atoms with Crippen LogP contribution in [0.5, 0.6) is 0 Å². The molecular weight excluding hydrogens is 494 g/mol. The Bertz CT molecular complexity index is 770. The minimum atomic E-state index is -3.46. The summed E-state index contributed by atoms with van der Waals surface area (Å²) in [5.41, 5.74) is 0.782. The van der Waals surface area contributed by atoms with Gasteiger partial charge in [-0.05, 0) is 12.8 Å². The van der Waals surface area contributed by atoms with Gasteiger partial charge in [0.1, 0.15) is 0 Å². The normalized spacial score (nSPS) is 19.7. The van der Waals surface area contributed by atoms with E-state index in [1.54, 1.807) is 12.5 Å². The van der Waals surface area contributed by atoms with Gasteiger partial charge in [-0.25, -0.2) is 0 Å². The van der Waals surface area contributed by atoms with Crippen LogP contribution >= 0.6 is 7.37 Å². The van der Waals surface area contributed by atoms with E-state index in [1.807, 2.05) is 13.8 Å². The minimum Gasteiger partial charge on any atom is -0.0533 e. The first kappa shape index (κ1) is 27.1. The predicted molar refractivity (Wildman–Crippen MR) is 127 cm³/mol. The molecule has 5 N–H and O–H groups in total. The van der Waals surface area contributed by atoms with Crippen LogP contribution in [-0.2, 0) is 20.6 Å². The van der Waals surface area contributed by atoms with Gasteiger partial charge < -0.3 is 0 Å². The summed E-state index contributed by atoms with van der Waals surface area (Å²) in [5.74, 6) is -0.551. The summed E-state index contributed by atoms with van der Waals surface area (Å²) in [6.45, 7) is 3.53. The number of carbonyl (C=O) groups excluding carboxylic acids is 2. The van der Waals surface area contributed by atoms with Crippen molar-refractivity contribution in [1.29, 1.82) is 0 Å². The van der Waals surface area contributed by atoms with Crippen LogP contribution in [0.25, 0.3) is 0 Å². The number of aliphatic hydroxyl groups excluding tert-OH is 1. The summed E-state index contributed by atoms with van der Waals surface area (Å²) in [5, 5.41) is 15.7. The van der Waals surface area contributed by atoms with Crippen molar-refractivity contribution in [1.82, 2.24) is 20.6 Å². The average Bonchev–Trinajstić information content (AvgIpc) is 3.22. The maximum absolute atomic E-state index is 12.7.